The minimum Gasteiger partial charge on any atom is -0.383 e. The van der Waals surface area contributed by atoms with Gasteiger partial charge in [-0.3, -0.25) is 4.40 Å². The molecule has 0 fully saturated rings. The van der Waals surface area contributed by atoms with Gasteiger partial charge in [-0.15, -0.1) is 0 Å². The van der Waals surface area contributed by atoms with Gasteiger partial charge in [0.1, 0.15) is 17.2 Å². The smallest absolute Gasteiger partial charge is 0.263 e. The SMILES string of the molecule is Nc1c(-c2cccc(C(F)F)c2)nc2ccc(Cl)cn12. The van der Waals surface area contributed by atoms with Crippen molar-refractivity contribution in [1.29, 1.82) is 0 Å². The van der Waals surface area contributed by atoms with E-state index in [1.807, 2.05) is 0 Å². The summed E-state index contributed by atoms with van der Waals surface area (Å²) in [6, 6.07) is 9.45. The Balaban J connectivity index is 2.19. The standard InChI is InChI=1S/C14H10ClF2N3/c15-10-4-5-11-19-12(14(18)20(11)7-10)8-2-1-3-9(6-8)13(16)17/h1-7,13H,18H2. The van der Waals surface area contributed by atoms with Crippen LogP contribution >= 0.6 is 11.6 Å². The van der Waals surface area contributed by atoms with Crippen LogP contribution in [-0.2, 0) is 0 Å². The summed E-state index contributed by atoms with van der Waals surface area (Å²) >= 11 is 5.91. The highest BCUT2D eigenvalue weighted by Gasteiger charge is 2.14. The molecular weight excluding hydrogens is 284 g/mol. The first-order valence-electron chi connectivity index (χ1n) is 5.88. The molecule has 102 valence electrons. The molecule has 0 aliphatic carbocycles. The van der Waals surface area contributed by atoms with Crippen LogP contribution in [0, 0.1) is 0 Å². The molecule has 2 aromatic heterocycles. The maximum absolute atomic E-state index is 12.7. The van der Waals surface area contributed by atoms with E-state index in [9.17, 15) is 8.78 Å². The van der Waals surface area contributed by atoms with E-state index in [1.165, 1.54) is 12.1 Å². The Morgan fingerprint density at radius 2 is 2.00 bits per heavy atom. The van der Waals surface area contributed by atoms with Gasteiger partial charge in [0.2, 0.25) is 0 Å². The molecule has 0 saturated heterocycles. The molecule has 0 amide bonds. The molecule has 0 saturated carbocycles. The average Bonchev–Trinajstić information content (AvgIpc) is 2.76. The number of aromatic nitrogens is 2. The highest BCUT2D eigenvalue weighted by molar-refractivity contribution is 6.30. The van der Waals surface area contributed by atoms with Crippen molar-refractivity contribution < 1.29 is 8.78 Å². The molecule has 0 radical (unpaired) electrons. The molecule has 0 atom stereocenters. The number of nitrogen functional groups attached to an aromatic ring is 1. The van der Waals surface area contributed by atoms with Gasteiger partial charge in [0.25, 0.3) is 6.43 Å². The number of fused-ring (bicyclic) bond motifs is 1. The van der Waals surface area contributed by atoms with Gasteiger partial charge < -0.3 is 5.73 Å². The van der Waals surface area contributed by atoms with E-state index in [1.54, 1.807) is 34.9 Å². The summed E-state index contributed by atoms with van der Waals surface area (Å²) in [5.74, 6) is 0.369. The zero-order valence-corrected chi connectivity index (χ0v) is 11.0. The molecule has 0 aliphatic heterocycles. The third kappa shape index (κ3) is 2.10. The number of halogens is 3. The second-order valence-electron chi connectivity index (χ2n) is 4.35. The normalized spacial score (nSPS) is 11.4. The molecule has 3 aromatic rings. The van der Waals surface area contributed by atoms with E-state index >= 15 is 0 Å². The number of hydrogen-bond donors (Lipinski definition) is 1. The molecule has 0 aliphatic rings. The molecular formula is C14H10ClF2N3. The third-order valence-corrected chi connectivity index (χ3v) is 3.26. The number of benzene rings is 1. The average molecular weight is 294 g/mol. The first-order valence-corrected chi connectivity index (χ1v) is 6.25. The number of rotatable bonds is 2. The van der Waals surface area contributed by atoms with Crippen molar-refractivity contribution in [3.05, 3.63) is 53.2 Å². The van der Waals surface area contributed by atoms with Crippen molar-refractivity contribution in [2.45, 2.75) is 6.43 Å². The largest absolute Gasteiger partial charge is 0.383 e. The van der Waals surface area contributed by atoms with Crippen molar-refractivity contribution in [3.63, 3.8) is 0 Å². The second-order valence-corrected chi connectivity index (χ2v) is 4.78. The highest BCUT2D eigenvalue weighted by atomic mass is 35.5. The number of alkyl halides is 2. The summed E-state index contributed by atoms with van der Waals surface area (Å²) in [4.78, 5) is 4.36. The fraction of sp³-hybridized carbons (Fsp3) is 0.0714. The van der Waals surface area contributed by atoms with Crippen LogP contribution in [0.3, 0.4) is 0 Å². The summed E-state index contributed by atoms with van der Waals surface area (Å²) in [5, 5.41) is 0.523. The Hall–Kier alpha value is -2.14. The lowest BCUT2D eigenvalue weighted by atomic mass is 10.1. The van der Waals surface area contributed by atoms with Crippen LogP contribution in [0.4, 0.5) is 14.6 Å². The van der Waals surface area contributed by atoms with E-state index in [2.05, 4.69) is 4.98 Å². The van der Waals surface area contributed by atoms with Crippen LogP contribution < -0.4 is 5.73 Å². The topological polar surface area (TPSA) is 43.3 Å². The molecule has 20 heavy (non-hydrogen) atoms. The van der Waals surface area contributed by atoms with Gasteiger partial charge in [-0.1, -0.05) is 29.8 Å². The van der Waals surface area contributed by atoms with Crippen LogP contribution in [0.5, 0.6) is 0 Å². The van der Waals surface area contributed by atoms with Crippen LogP contribution in [0.2, 0.25) is 5.02 Å². The minimum atomic E-state index is -2.53. The Morgan fingerprint density at radius 3 is 2.75 bits per heavy atom. The van der Waals surface area contributed by atoms with E-state index < -0.39 is 6.43 Å². The number of nitrogens with zero attached hydrogens (tertiary/aromatic N) is 2. The number of imidazole rings is 1. The number of nitrogens with two attached hydrogens (primary N) is 1. The number of anilines is 1. The van der Waals surface area contributed by atoms with Crippen LogP contribution in [-0.4, -0.2) is 9.38 Å². The van der Waals surface area contributed by atoms with Gasteiger partial charge in [0.15, 0.2) is 0 Å². The Labute approximate surface area is 118 Å². The van der Waals surface area contributed by atoms with Crippen molar-refractivity contribution in [1.82, 2.24) is 9.38 Å². The van der Waals surface area contributed by atoms with Crippen LogP contribution in [0.25, 0.3) is 16.9 Å². The first-order chi connectivity index (χ1) is 9.56. The van der Waals surface area contributed by atoms with E-state index in [4.69, 9.17) is 17.3 Å². The van der Waals surface area contributed by atoms with Gasteiger partial charge in [-0.2, -0.15) is 0 Å². The first kappa shape index (κ1) is 12.9. The molecule has 0 spiro atoms. The third-order valence-electron chi connectivity index (χ3n) is 3.03. The maximum Gasteiger partial charge on any atom is 0.263 e. The number of pyridine rings is 1. The highest BCUT2D eigenvalue weighted by Crippen LogP contribution is 2.30. The van der Waals surface area contributed by atoms with Crippen molar-refractivity contribution in [3.8, 4) is 11.3 Å². The summed E-state index contributed by atoms with van der Waals surface area (Å²) in [7, 11) is 0. The quantitative estimate of drug-likeness (QED) is 0.770. The monoisotopic (exact) mass is 293 g/mol. The lowest BCUT2D eigenvalue weighted by Crippen LogP contribution is -1.94. The molecule has 6 heteroatoms. The summed E-state index contributed by atoms with van der Waals surface area (Å²) in [6.45, 7) is 0. The predicted molar refractivity (Wildman–Crippen MR) is 75.0 cm³/mol. The minimum absolute atomic E-state index is 0.0583. The van der Waals surface area contributed by atoms with Gasteiger partial charge in [0, 0.05) is 17.3 Å². The van der Waals surface area contributed by atoms with Crippen molar-refractivity contribution in [2.24, 2.45) is 0 Å². The lowest BCUT2D eigenvalue weighted by molar-refractivity contribution is 0.151. The van der Waals surface area contributed by atoms with Crippen molar-refractivity contribution >= 4 is 23.1 Å². The summed E-state index contributed by atoms with van der Waals surface area (Å²) in [6.07, 6.45) is -0.887. The molecule has 2 N–H and O–H groups in total. The van der Waals surface area contributed by atoms with E-state index in [-0.39, 0.29) is 5.56 Å². The van der Waals surface area contributed by atoms with E-state index in [0.29, 0.717) is 27.7 Å². The molecule has 2 heterocycles. The summed E-state index contributed by atoms with van der Waals surface area (Å²) in [5.41, 5.74) is 7.60. The van der Waals surface area contributed by atoms with E-state index in [0.717, 1.165) is 0 Å². The predicted octanol–water partition coefficient (Wildman–Crippen LogP) is 4.17. The fourth-order valence-electron chi connectivity index (χ4n) is 2.07. The fourth-order valence-corrected chi connectivity index (χ4v) is 2.23. The zero-order valence-electron chi connectivity index (χ0n) is 10.2. The zero-order chi connectivity index (χ0) is 14.3. The van der Waals surface area contributed by atoms with Gasteiger partial charge in [0.05, 0.1) is 5.02 Å². The van der Waals surface area contributed by atoms with Gasteiger partial charge >= 0.3 is 0 Å². The molecule has 0 unspecified atom stereocenters. The lowest BCUT2D eigenvalue weighted by Gasteiger charge is -2.03. The van der Waals surface area contributed by atoms with Crippen LogP contribution in [0.1, 0.15) is 12.0 Å². The van der Waals surface area contributed by atoms with Crippen molar-refractivity contribution in [2.75, 3.05) is 5.73 Å². The Bertz CT molecular complexity index is 783. The van der Waals surface area contributed by atoms with Gasteiger partial charge in [-0.05, 0) is 18.2 Å². The maximum atomic E-state index is 12.7. The van der Waals surface area contributed by atoms with Crippen LogP contribution in [0.15, 0.2) is 42.6 Å². The Kier molecular flexibility index (Phi) is 3.06. The summed E-state index contributed by atoms with van der Waals surface area (Å²) < 4.78 is 27.1. The molecule has 3 rings (SSSR count). The molecule has 0 bridgehead atoms. The number of hydrogen-bond acceptors (Lipinski definition) is 2. The van der Waals surface area contributed by atoms with Gasteiger partial charge in [-0.25, -0.2) is 13.8 Å². The molecule has 3 nitrogen and oxygen atoms in total. The molecule has 1 aromatic carbocycles. The second kappa shape index (κ2) is 4.76. The Morgan fingerprint density at radius 1 is 1.20 bits per heavy atom.